The largest absolute Gasteiger partial charge is 0.496 e. The van der Waals surface area contributed by atoms with Crippen molar-refractivity contribution in [2.75, 3.05) is 18.6 Å². The second-order valence-corrected chi connectivity index (χ2v) is 6.50. The molecule has 2 aromatic carbocycles. The summed E-state index contributed by atoms with van der Waals surface area (Å²) >= 11 is 0. The predicted molar refractivity (Wildman–Crippen MR) is 103 cm³/mol. The molecule has 0 unspecified atom stereocenters. The number of fused-ring (bicyclic) bond motifs is 1. The minimum Gasteiger partial charge on any atom is -0.496 e. The molecule has 0 fully saturated rings. The van der Waals surface area contributed by atoms with Crippen LogP contribution in [0, 0.1) is 6.92 Å². The molecule has 3 rings (SSSR count). The third-order valence-corrected chi connectivity index (χ3v) is 4.56. The first-order valence-electron chi connectivity index (χ1n) is 9.00. The SMILES string of the molecule is CC[C@H]1Oc2ccc(C)cc2N(CC(=O)NCc2ccccc2OC)C1=O. The average Bonchev–Trinajstić information content (AvgIpc) is 2.68. The maximum Gasteiger partial charge on any atom is 0.268 e. The van der Waals surface area contributed by atoms with Crippen LogP contribution in [0.5, 0.6) is 11.5 Å². The summed E-state index contributed by atoms with van der Waals surface area (Å²) in [4.78, 5) is 26.8. The summed E-state index contributed by atoms with van der Waals surface area (Å²) in [6.07, 6.45) is -0.0203. The molecule has 1 heterocycles. The van der Waals surface area contributed by atoms with Crippen molar-refractivity contribution < 1.29 is 19.1 Å². The van der Waals surface area contributed by atoms with E-state index in [0.717, 1.165) is 11.1 Å². The highest BCUT2D eigenvalue weighted by atomic mass is 16.5. The number of benzene rings is 2. The third kappa shape index (κ3) is 4.05. The molecule has 1 atom stereocenters. The Kier molecular flexibility index (Phi) is 5.64. The van der Waals surface area contributed by atoms with Gasteiger partial charge in [-0.15, -0.1) is 0 Å². The van der Waals surface area contributed by atoms with Gasteiger partial charge >= 0.3 is 0 Å². The molecule has 142 valence electrons. The van der Waals surface area contributed by atoms with Crippen molar-refractivity contribution in [1.82, 2.24) is 5.32 Å². The van der Waals surface area contributed by atoms with Crippen molar-refractivity contribution in [3.63, 3.8) is 0 Å². The van der Waals surface area contributed by atoms with Gasteiger partial charge in [0.15, 0.2) is 6.10 Å². The number of rotatable bonds is 6. The fourth-order valence-corrected chi connectivity index (χ4v) is 3.10. The van der Waals surface area contributed by atoms with E-state index in [9.17, 15) is 9.59 Å². The first kappa shape index (κ1) is 18.8. The summed E-state index contributed by atoms with van der Waals surface area (Å²) in [6, 6.07) is 13.1. The van der Waals surface area contributed by atoms with E-state index < -0.39 is 6.10 Å². The zero-order valence-electron chi connectivity index (χ0n) is 15.8. The molecule has 0 saturated carbocycles. The number of hydrogen-bond acceptors (Lipinski definition) is 4. The molecule has 0 bridgehead atoms. The molecule has 6 nitrogen and oxygen atoms in total. The van der Waals surface area contributed by atoms with Gasteiger partial charge in [-0.3, -0.25) is 14.5 Å². The van der Waals surface area contributed by atoms with E-state index in [-0.39, 0.29) is 18.4 Å². The van der Waals surface area contributed by atoms with Gasteiger partial charge in [-0.05, 0) is 37.1 Å². The van der Waals surface area contributed by atoms with Gasteiger partial charge in [0.1, 0.15) is 18.0 Å². The molecule has 0 radical (unpaired) electrons. The normalized spacial score (nSPS) is 15.7. The van der Waals surface area contributed by atoms with Gasteiger partial charge in [-0.1, -0.05) is 31.2 Å². The molecule has 0 saturated heterocycles. The molecular formula is C21H24N2O4. The van der Waals surface area contributed by atoms with Crippen LogP contribution < -0.4 is 19.7 Å². The van der Waals surface area contributed by atoms with Gasteiger partial charge in [0.25, 0.3) is 5.91 Å². The summed E-state index contributed by atoms with van der Waals surface area (Å²) in [7, 11) is 1.59. The van der Waals surface area contributed by atoms with Gasteiger partial charge in [0.05, 0.1) is 12.8 Å². The van der Waals surface area contributed by atoms with Crippen molar-refractivity contribution in [2.24, 2.45) is 0 Å². The van der Waals surface area contributed by atoms with E-state index in [1.54, 1.807) is 7.11 Å². The Morgan fingerprint density at radius 2 is 2.04 bits per heavy atom. The highest BCUT2D eigenvalue weighted by Crippen LogP contribution is 2.35. The number of anilines is 1. The van der Waals surface area contributed by atoms with Crippen LogP contribution in [-0.2, 0) is 16.1 Å². The Bertz CT molecular complexity index is 850. The smallest absolute Gasteiger partial charge is 0.268 e. The second kappa shape index (κ2) is 8.12. The highest BCUT2D eigenvalue weighted by molar-refractivity contribution is 6.03. The van der Waals surface area contributed by atoms with Crippen molar-refractivity contribution in [3.8, 4) is 11.5 Å². The average molecular weight is 368 g/mol. The number of carbonyl (C=O) groups excluding carboxylic acids is 2. The number of nitrogens with one attached hydrogen (secondary N) is 1. The molecule has 0 aromatic heterocycles. The first-order chi connectivity index (χ1) is 13.0. The van der Waals surface area contributed by atoms with Crippen LogP contribution >= 0.6 is 0 Å². The number of hydrogen-bond donors (Lipinski definition) is 1. The monoisotopic (exact) mass is 368 g/mol. The molecule has 0 aliphatic carbocycles. The van der Waals surface area contributed by atoms with Crippen LogP contribution in [0.2, 0.25) is 0 Å². The Labute approximate surface area is 159 Å². The number of para-hydroxylation sites is 1. The number of nitrogens with zero attached hydrogens (tertiary/aromatic N) is 1. The molecule has 2 amide bonds. The molecule has 1 aliphatic heterocycles. The molecule has 1 N–H and O–H groups in total. The standard InChI is InChI=1S/C21H24N2O4/c1-4-17-21(25)23(16-11-14(2)9-10-19(16)27-17)13-20(24)22-12-15-7-5-6-8-18(15)26-3/h5-11,17H,4,12-13H2,1-3H3,(H,22,24)/t17-/m1/s1. The van der Waals surface area contributed by atoms with Gasteiger partial charge < -0.3 is 14.8 Å². The molecule has 2 aromatic rings. The topological polar surface area (TPSA) is 67.9 Å². The maximum absolute atomic E-state index is 12.7. The lowest BCUT2D eigenvalue weighted by Crippen LogP contribution is -2.49. The first-order valence-corrected chi connectivity index (χ1v) is 9.00. The van der Waals surface area contributed by atoms with Crippen molar-refractivity contribution in [1.29, 1.82) is 0 Å². The van der Waals surface area contributed by atoms with Gasteiger partial charge in [-0.2, -0.15) is 0 Å². The molecular weight excluding hydrogens is 344 g/mol. The molecule has 27 heavy (non-hydrogen) atoms. The van der Waals surface area contributed by atoms with Crippen LogP contribution in [0.3, 0.4) is 0 Å². The summed E-state index contributed by atoms with van der Waals surface area (Å²) in [6.45, 7) is 4.11. The molecule has 1 aliphatic rings. The fraction of sp³-hybridized carbons (Fsp3) is 0.333. The Morgan fingerprint density at radius 3 is 2.78 bits per heavy atom. The number of aryl methyl sites for hydroxylation is 1. The summed E-state index contributed by atoms with van der Waals surface area (Å²) in [5.74, 6) is 0.915. The minimum atomic E-state index is -0.567. The second-order valence-electron chi connectivity index (χ2n) is 6.50. The lowest BCUT2D eigenvalue weighted by molar-refractivity contribution is -0.129. The molecule has 0 spiro atoms. The number of methoxy groups -OCH3 is 1. The van der Waals surface area contributed by atoms with Crippen molar-refractivity contribution in [2.45, 2.75) is 32.9 Å². The van der Waals surface area contributed by atoms with Crippen LogP contribution in [0.1, 0.15) is 24.5 Å². The van der Waals surface area contributed by atoms with E-state index in [2.05, 4.69) is 5.32 Å². The van der Waals surface area contributed by atoms with E-state index in [1.165, 1.54) is 4.90 Å². The maximum atomic E-state index is 12.7. The Balaban J connectivity index is 1.74. The van der Waals surface area contributed by atoms with Crippen LogP contribution in [0.4, 0.5) is 5.69 Å². The van der Waals surface area contributed by atoms with Crippen LogP contribution in [-0.4, -0.2) is 31.6 Å². The Hall–Kier alpha value is -3.02. The molecule has 6 heteroatoms. The third-order valence-electron chi connectivity index (χ3n) is 4.56. The number of ether oxygens (including phenoxy) is 2. The zero-order valence-corrected chi connectivity index (χ0v) is 15.8. The van der Waals surface area contributed by atoms with Gasteiger partial charge in [-0.25, -0.2) is 0 Å². The lowest BCUT2D eigenvalue weighted by Gasteiger charge is -2.34. The summed E-state index contributed by atoms with van der Waals surface area (Å²) in [5.41, 5.74) is 2.51. The van der Waals surface area contributed by atoms with E-state index >= 15 is 0 Å². The van der Waals surface area contributed by atoms with Gasteiger partial charge in [0, 0.05) is 12.1 Å². The summed E-state index contributed by atoms with van der Waals surface area (Å²) < 4.78 is 11.1. The Morgan fingerprint density at radius 1 is 1.26 bits per heavy atom. The quantitative estimate of drug-likeness (QED) is 0.851. The van der Waals surface area contributed by atoms with E-state index in [0.29, 0.717) is 30.2 Å². The van der Waals surface area contributed by atoms with Crippen LogP contribution in [0.15, 0.2) is 42.5 Å². The zero-order chi connectivity index (χ0) is 19.4. The van der Waals surface area contributed by atoms with E-state index in [1.807, 2.05) is 56.3 Å². The summed E-state index contributed by atoms with van der Waals surface area (Å²) in [5, 5.41) is 2.87. The van der Waals surface area contributed by atoms with Crippen molar-refractivity contribution >= 4 is 17.5 Å². The van der Waals surface area contributed by atoms with Gasteiger partial charge in [0.2, 0.25) is 5.91 Å². The lowest BCUT2D eigenvalue weighted by atomic mass is 10.1. The van der Waals surface area contributed by atoms with E-state index in [4.69, 9.17) is 9.47 Å². The van der Waals surface area contributed by atoms with Crippen molar-refractivity contribution in [3.05, 3.63) is 53.6 Å². The van der Waals surface area contributed by atoms with Crippen LogP contribution in [0.25, 0.3) is 0 Å². The number of carbonyl (C=O) groups is 2. The fourth-order valence-electron chi connectivity index (χ4n) is 3.10. The minimum absolute atomic E-state index is 0.0513. The number of amides is 2. The predicted octanol–water partition coefficient (Wildman–Crippen LogP) is 2.82. The highest BCUT2D eigenvalue weighted by Gasteiger charge is 2.34.